The first-order chi connectivity index (χ1) is 8.38. The standard InChI is InChI=1S/C13H23NO4/c1-9(2)8-18-12(17)14-13(11(15)16)7-5-4-6-10(13)3/h9-10H,4-8H2,1-3H3,(H,14,17)(H,15,16). The number of hydrogen-bond donors (Lipinski definition) is 2. The number of carboxylic acids is 1. The molecule has 0 radical (unpaired) electrons. The second kappa shape index (κ2) is 6.07. The van der Waals surface area contributed by atoms with Gasteiger partial charge in [-0.2, -0.15) is 0 Å². The van der Waals surface area contributed by atoms with Gasteiger partial charge in [-0.3, -0.25) is 0 Å². The molecular weight excluding hydrogens is 234 g/mol. The fourth-order valence-electron chi connectivity index (χ4n) is 2.36. The van der Waals surface area contributed by atoms with Crippen molar-refractivity contribution < 1.29 is 19.4 Å². The number of alkyl carbamates (subject to hydrolysis) is 1. The average molecular weight is 257 g/mol. The van der Waals surface area contributed by atoms with Gasteiger partial charge in [0.1, 0.15) is 5.54 Å². The molecule has 1 amide bonds. The zero-order chi connectivity index (χ0) is 13.8. The third-order valence-electron chi connectivity index (χ3n) is 3.55. The summed E-state index contributed by atoms with van der Waals surface area (Å²) in [5.74, 6) is -0.799. The van der Waals surface area contributed by atoms with Gasteiger partial charge in [-0.1, -0.05) is 33.6 Å². The van der Waals surface area contributed by atoms with Crippen LogP contribution in [0.5, 0.6) is 0 Å². The normalized spacial score (nSPS) is 27.9. The number of amides is 1. The molecular formula is C13H23NO4. The number of carbonyl (C=O) groups is 2. The lowest BCUT2D eigenvalue weighted by molar-refractivity contribution is -0.148. The molecule has 1 fully saturated rings. The molecule has 1 rings (SSSR count). The molecule has 0 aliphatic heterocycles. The Balaban J connectivity index is 2.68. The molecule has 0 saturated heterocycles. The summed E-state index contributed by atoms with van der Waals surface area (Å²) in [4.78, 5) is 23.2. The Hall–Kier alpha value is -1.26. The molecule has 5 nitrogen and oxygen atoms in total. The fraction of sp³-hybridized carbons (Fsp3) is 0.846. The van der Waals surface area contributed by atoms with Crippen molar-refractivity contribution in [2.75, 3.05) is 6.61 Å². The summed E-state index contributed by atoms with van der Waals surface area (Å²) in [5, 5.41) is 12.0. The van der Waals surface area contributed by atoms with Crippen molar-refractivity contribution in [1.82, 2.24) is 5.32 Å². The van der Waals surface area contributed by atoms with Crippen LogP contribution in [0.25, 0.3) is 0 Å². The van der Waals surface area contributed by atoms with Crippen LogP contribution in [0.2, 0.25) is 0 Å². The summed E-state index contributed by atoms with van der Waals surface area (Å²) in [6, 6.07) is 0. The third kappa shape index (κ3) is 3.37. The maximum Gasteiger partial charge on any atom is 0.408 e. The first-order valence-electron chi connectivity index (χ1n) is 6.57. The van der Waals surface area contributed by atoms with Crippen LogP contribution in [-0.4, -0.2) is 29.3 Å². The predicted octanol–water partition coefficient (Wildman–Crippen LogP) is 2.40. The van der Waals surface area contributed by atoms with Gasteiger partial charge in [0.25, 0.3) is 0 Å². The highest BCUT2D eigenvalue weighted by Crippen LogP contribution is 2.34. The highest BCUT2D eigenvalue weighted by Gasteiger charge is 2.46. The summed E-state index contributed by atoms with van der Waals surface area (Å²) in [5.41, 5.74) is -1.16. The van der Waals surface area contributed by atoms with E-state index >= 15 is 0 Å². The number of rotatable bonds is 4. The molecule has 104 valence electrons. The molecule has 1 aliphatic carbocycles. The van der Waals surface area contributed by atoms with E-state index in [4.69, 9.17) is 4.74 Å². The lowest BCUT2D eigenvalue weighted by Gasteiger charge is -2.39. The minimum absolute atomic E-state index is 0.0738. The highest BCUT2D eigenvalue weighted by atomic mass is 16.5. The number of carbonyl (C=O) groups excluding carboxylic acids is 1. The summed E-state index contributed by atoms with van der Waals surface area (Å²) in [7, 11) is 0. The number of carboxylic acid groups (broad SMARTS) is 1. The summed E-state index contributed by atoms with van der Waals surface area (Å²) >= 11 is 0. The quantitative estimate of drug-likeness (QED) is 0.811. The van der Waals surface area contributed by atoms with Crippen LogP contribution in [0.4, 0.5) is 4.79 Å². The van der Waals surface area contributed by atoms with Gasteiger partial charge in [-0.15, -0.1) is 0 Å². The summed E-state index contributed by atoms with van der Waals surface area (Å²) < 4.78 is 5.02. The lowest BCUT2D eigenvalue weighted by atomic mass is 9.73. The van der Waals surface area contributed by atoms with Crippen LogP contribution in [-0.2, 0) is 9.53 Å². The Morgan fingerprint density at radius 1 is 1.44 bits per heavy atom. The van der Waals surface area contributed by atoms with Crippen molar-refractivity contribution in [3.8, 4) is 0 Å². The Labute approximate surface area is 108 Å². The number of aliphatic carboxylic acids is 1. The van der Waals surface area contributed by atoms with E-state index < -0.39 is 17.6 Å². The van der Waals surface area contributed by atoms with Crippen LogP contribution < -0.4 is 5.32 Å². The van der Waals surface area contributed by atoms with E-state index in [0.29, 0.717) is 13.0 Å². The number of ether oxygens (including phenoxy) is 1. The number of nitrogens with one attached hydrogen (secondary N) is 1. The van der Waals surface area contributed by atoms with Crippen LogP contribution in [0.3, 0.4) is 0 Å². The second-order valence-electron chi connectivity index (χ2n) is 5.54. The molecule has 1 saturated carbocycles. The Kier molecular flexibility index (Phi) is 4.99. The predicted molar refractivity (Wildman–Crippen MR) is 67.3 cm³/mol. The van der Waals surface area contributed by atoms with Crippen molar-refractivity contribution in [2.45, 2.75) is 52.0 Å². The van der Waals surface area contributed by atoms with E-state index in [0.717, 1.165) is 19.3 Å². The van der Waals surface area contributed by atoms with Crippen molar-refractivity contribution >= 4 is 12.1 Å². The molecule has 0 aromatic rings. The Bertz CT molecular complexity index is 316. The molecule has 2 N–H and O–H groups in total. The first kappa shape index (κ1) is 14.8. The lowest BCUT2D eigenvalue weighted by Crippen LogP contribution is -2.60. The molecule has 5 heteroatoms. The van der Waals surface area contributed by atoms with Crippen molar-refractivity contribution in [1.29, 1.82) is 0 Å². The minimum Gasteiger partial charge on any atom is -0.479 e. The average Bonchev–Trinajstić information content (AvgIpc) is 2.29. The van der Waals surface area contributed by atoms with Crippen LogP contribution >= 0.6 is 0 Å². The van der Waals surface area contributed by atoms with Gasteiger partial charge in [0.2, 0.25) is 0 Å². The summed E-state index contributed by atoms with van der Waals surface area (Å²) in [6.07, 6.45) is 2.50. The smallest absolute Gasteiger partial charge is 0.408 e. The Morgan fingerprint density at radius 2 is 2.11 bits per heavy atom. The van der Waals surface area contributed by atoms with E-state index in [1.54, 1.807) is 0 Å². The zero-order valence-electron chi connectivity index (χ0n) is 11.4. The minimum atomic E-state index is -1.16. The van der Waals surface area contributed by atoms with Gasteiger partial charge in [0, 0.05) is 0 Å². The van der Waals surface area contributed by atoms with Crippen molar-refractivity contribution in [3.63, 3.8) is 0 Å². The second-order valence-corrected chi connectivity index (χ2v) is 5.54. The third-order valence-corrected chi connectivity index (χ3v) is 3.55. The van der Waals surface area contributed by atoms with Gasteiger partial charge in [0.15, 0.2) is 0 Å². The molecule has 18 heavy (non-hydrogen) atoms. The topological polar surface area (TPSA) is 75.6 Å². The Morgan fingerprint density at radius 3 is 2.61 bits per heavy atom. The maximum atomic E-state index is 11.7. The van der Waals surface area contributed by atoms with E-state index in [9.17, 15) is 14.7 Å². The van der Waals surface area contributed by atoms with E-state index in [1.165, 1.54) is 0 Å². The van der Waals surface area contributed by atoms with Gasteiger partial charge in [-0.05, 0) is 24.7 Å². The van der Waals surface area contributed by atoms with Crippen LogP contribution in [0.15, 0.2) is 0 Å². The molecule has 1 aliphatic rings. The first-order valence-corrected chi connectivity index (χ1v) is 6.57. The molecule has 2 atom stereocenters. The maximum absolute atomic E-state index is 11.7. The zero-order valence-corrected chi connectivity index (χ0v) is 11.4. The van der Waals surface area contributed by atoms with E-state index in [-0.39, 0.29) is 11.8 Å². The SMILES string of the molecule is CC(C)COC(=O)NC1(C(=O)O)CCCCC1C. The van der Waals surface area contributed by atoms with Gasteiger partial charge in [-0.25, -0.2) is 9.59 Å². The molecule has 0 aromatic heterocycles. The van der Waals surface area contributed by atoms with Crippen molar-refractivity contribution in [2.24, 2.45) is 11.8 Å². The fourth-order valence-corrected chi connectivity index (χ4v) is 2.36. The van der Waals surface area contributed by atoms with E-state index in [2.05, 4.69) is 5.32 Å². The molecule has 0 spiro atoms. The van der Waals surface area contributed by atoms with Gasteiger partial charge >= 0.3 is 12.1 Å². The monoisotopic (exact) mass is 257 g/mol. The largest absolute Gasteiger partial charge is 0.479 e. The van der Waals surface area contributed by atoms with Crippen molar-refractivity contribution in [3.05, 3.63) is 0 Å². The number of hydrogen-bond acceptors (Lipinski definition) is 3. The molecule has 0 aromatic carbocycles. The van der Waals surface area contributed by atoms with Crippen LogP contribution in [0.1, 0.15) is 46.5 Å². The molecule has 2 unspecified atom stereocenters. The summed E-state index contributed by atoms with van der Waals surface area (Å²) in [6.45, 7) is 6.04. The van der Waals surface area contributed by atoms with Gasteiger partial charge < -0.3 is 15.2 Å². The molecule has 0 heterocycles. The van der Waals surface area contributed by atoms with Crippen LogP contribution in [0, 0.1) is 11.8 Å². The molecule has 0 bridgehead atoms. The van der Waals surface area contributed by atoms with Gasteiger partial charge in [0.05, 0.1) is 6.61 Å². The van der Waals surface area contributed by atoms with E-state index in [1.807, 2.05) is 20.8 Å². The highest BCUT2D eigenvalue weighted by molar-refractivity contribution is 5.84.